The molecule has 3 heterocycles. The molecule has 7 heteroatoms. The number of carbonyl (C=O) groups excluding carboxylic acids is 2. The Morgan fingerprint density at radius 1 is 1.03 bits per heavy atom. The molecule has 1 aromatic heterocycles. The van der Waals surface area contributed by atoms with Gasteiger partial charge in [-0.15, -0.1) is 11.8 Å². The molecule has 0 aliphatic carbocycles. The highest BCUT2D eigenvalue weighted by atomic mass is 35.5. The molecule has 0 N–H and O–H groups in total. The zero-order valence-electron chi connectivity index (χ0n) is 17.4. The van der Waals surface area contributed by atoms with Gasteiger partial charge in [-0.25, -0.2) is 4.79 Å². The molecular formula is C26H19ClN2O3S. The number of halogens is 1. The number of benzene rings is 2. The van der Waals surface area contributed by atoms with Gasteiger partial charge in [-0.05, 0) is 29.3 Å². The van der Waals surface area contributed by atoms with Gasteiger partial charge in [0.15, 0.2) is 6.10 Å². The van der Waals surface area contributed by atoms with E-state index in [9.17, 15) is 9.59 Å². The molecule has 1 amide bonds. The van der Waals surface area contributed by atoms with Crippen LogP contribution in [0.25, 0.3) is 6.08 Å². The van der Waals surface area contributed by atoms with Gasteiger partial charge in [-0.2, -0.15) is 0 Å². The maximum absolute atomic E-state index is 13.4. The summed E-state index contributed by atoms with van der Waals surface area (Å²) in [5.74, 6) is -0.464. The average Bonchev–Trinajstić information content (AvgIpc) is 2.87. The molecule has 2 aliphatic rings. The Balaban J connectivity index is 1.43. The summed E-state index contributed by atoms with van der Waals surface area (Å²) in [5.41, 5.74) is 3.07. The van der Waals surface area contributed by atoms with Crippen molar-refractivity contribution in [2.45, 2.75) is 11.5 Å². The molecule has 5 nitrogen and oxygen atoms in total. The van der Waals surface area contributed by atoms with Crippen LogP contribution in [0, 0.1) is 0 Å². The fraction of sp³-hybridized carbons (Fsp3) is 0.115. The average molecular weight is 475 g/mol. The first kappa shape index (κ1) is 21.5. The van der Waals surface area contributed by atoms with Gasteiger partial charge in [-0.3, -0.25) is 14.7 Å². The lowest BCUT2D eigenvalue weighted by atomic mass is 10.0. The van der Waals surface area contributed by atoms with E-state index in [4.69, 9.17) is 16.3 Å². The van der Waals surface area contributed by atoms with E-state index in [-0.39, 0.29) is 17.0 Å². The number of amides is 1. The number of fused-ring (bicyclic) bond motifs is 1. The van der Waals surface area contributed by atoms with Crippen LogP contribution in [-0.4, -0.2) is 32.9 Å². The number of hydrogen-bond donors (Lipinski definition) is 0. The first-order valence-electron chi connectivity index (χ1n) is 10.4. The summed E-state index contributed by atoms with van der Waals surface area (Å²) in [6, 6.07) is 24.5. The number of aromatic nitrogens is 1. The Morgan fingerprint density at radius 3 is 2.27 bits per heavy atom. The normalized spacial score (nSPS) is 18.8. The van der Waals surface area contributed by atoms with Crippen molar-refractivity contribution in [2.75, 3.05) is 5.75 Å². The highest BCUT2D eigenvalue weighted by Crippen LogP contribution is 2.45. The van der Waals surface area contributed by atoms with Crippen molar-refractivity contribution in [3.05, 3.63) is 118 Å². The second-order valence-corrected chi connectivity index (χ2v) is 9.08. The highest BCUT2D eigenvalue weighted by Gasteiger charge is 2.50. The molecule has 164 valence electrons. The molecule has 1 atom stereocenters. The number of ether oxygens (including phenoxy) is 1. The summed E-state index contributed by atoms with van der Waals surface area (Å²) in [6.45, 7) is 0. The van der Waals surface area contributed by atoms with Crippen molar-refractivity contribution in [3.8, 4) is 0 Å². The first-order chi connectivity index (χ1) is 16.1. The minimum atomic E-state index is -0.621. The predicted molar refractivity (Wildman–Crippen MR) is 129 cm³/mol. The van der Waals surface area contributed by atoms with Crippen LogP contribution in [-0.2, 0) is 14.3 Å². The molecule has 3 aromatic rings. The lowest BCUT2D eigenvalue weighted by Crippen LogP contribution is -2.56. The summed E-state index contributed by atoms with van der Waals surface area (Å²) >= 11 is 7.95. The van der Waals surface area contributed by atoms with Gasteiger partial charge >= 0.3 is 5.97 Å². The number of pyridine rings is 1. The maximum Gasteiger partial charge on any atom is 0.357 e. The lowest BCUT2D eigenvalue weighted by Gasteiger charge is -2.45. The Labute approximate surface area is 200 Å². The summed E-state index contributed by atoms with van der Waals surface area (Å²) in [4.78, 5) is 32.1. The van der Waals surface area contributed by atoms with Crippen LogP contribution in [0.4, 0.5) is 0 Å². The van der Waals surface area contributed by atoms with Crippen molar-refractivity contribution in [1.29, 1.82) is 0 Å². The maximum atomic E-state index is 13.4. The molecule has 0 radical (unpaired) electrons. The Kier molecular flexibility index (Phi) is 6.03. The third-order valence-electron chi connectivity index (χ3n) is 5.45. The van der Waals surface area contributed by atoms with Crippen LogP contribution >= 0.6 is 23.4 Å². The van der Waals surface area contributed by atoms with E-state index in [1.807, 2.05) is 78.9 Å². The SMILES string of the molecule is O=C(OC(c1ccccc1)c1ccccc1)C1=C(Cl)CS[C@@H]2/C(=C/c3ccccn3)C(=O)N12. The number of rotatable bonds is 5. The highest BCUT2D eigenvalue weighted by molar-refractivity contribution is 8.00. The quantitative estimate of drug-likeness (QED) is 0.290. The van der Waals surface area contributed by atoms with E-state index in [1.54, 1.807) is 12.3 Å². The molecule has 5 rings (SSSR count). The van der Waals surface area contributed by atoms with E-state index in [0.717, 1.165) is 11.1 Å². The van der Waals surface area contributed by atoms with Gasteiger partial charge in [0.1, 0.15) is 11.1 Å². The summed E-state index contributed by atoms with van der Waals surface area (Å²) in [5, 5.41) is 0.0165. The summed E-state index contributed by atoms with van der Waals surface area (Å²) in [6.07, 6.45) is 2.81. The van der Waals surface area contributed by atoms with Crippen LogP contribution in [0.5, 0.6) is 0 Å². The molecular weight excluding hydrogens is 456 g/mol. The van der Waals surface area contributed by atoms with E-state index in [1.165, 1.54) is 16.7 Å². The minimum absolute atomic E-state index is 0.112. The predicted octanol–water partition coefficient (Wildman–Crippen LogP) is 5.16. The Morgan fingerprint density at radius 2 is 1.67 bits per heavy atom. The van der Waals surface area contributed by atoms with Crippen LogP contribution in [0.3, 0.4) is 0 Å². The van der Waals surface area contributed by atoms with Gasteiger partial charge in [0.2, 0.25) is 0 Å². The van der Waals surface area contributed by atoms with E-state index >= 15 is 0 Å². The molecule has 2 aromatic carbocycles. The molecule has 0 saturated carbocycles. The lowest BCUT2D eigenvalue weighted by molar-refractivity contribution is -0.149. The van der Waals surface area contributed by atoms with Crippen molar-refractivity contribution in [2.24, 2.45) is 0 Å². The number of nitrogens with zero attached hydrogens (tertiary/aromatic N) is 2. The monoisotopic (exact) mass is 474 g/mol. The van der Waals surface area contributed by atoms with Crippen LogP contribution in [0.15, 0.2) is 101 Å². The summed E-state index contributed by atoms with van der Waals surface area (Å²) in [7, 11) is 0. The van der Waals surface area contributed by atoms with Crippen LogP contribution < -0.4 is 0 Å². The standard InChI is InChI=1S/C26H19ClN2O3S/c27-21-16-33-25-20(15-19-13-7-8-14-28-19)24(30)29(25)22(21)26(31)32-23(17-9-3-1-4-10-17)18-11-5-2-6-12-18/h1-15,23,25H,16H2/b20-15+/t25-/m1/s1. The molecule has 33 heavy (non-hydrogen) atoms. The van der Waals surface area contributed by atoms with Crippen molar-refractivity contribution >= 4 is 41.3 Å². The largest absolute Gasteiger partial charge is 0.448 e. The van der Waals surface area contributed by atoms with Crippen LogP contribution in [0.1, 0.15) is 22.9 Å². The smallest absolute Gasteiger partial charge is 0.357 e. The number of hydrogen-bond acceptors (Lipinski definition) is 5. The number of thioether (sulfide) groups is 1. The zero-order valence-corrected chi connectivity index (χ0v) is 19.0. The Bertz CT molecular complexity index is 1210. The molecule has 1 saturated heterocycles. The Hall–Kier alpha value is -3.35. The number of β-lactam (4-membered cyclic amide) rings is 1. The van der Waals surface area contributed by atoms with Crippen molar-refractivity contribution in [1.82, 2.24) is 9.88 Å². The van der Waals surface area contributed by atoms with E-state index in [2.05, 4.69) is 4.98 Å². The molecule has 0 unspecified atom stereocenters. The fourth-order valence-electron chi connectivity index (χ4n) is 3.87. The second kappa shape index (κ2) is 9.25. The molecule has 2 aliphatic heterocycles. The second-order valence-electron chi connectivity index (χ2n) is 7.55. The van der Waals surface area contributed by atoms with Gasteiger partial charge in [-0.1, -0.05) is 78.3 Å². The van der Waals surface area contributed by atoms with Gasteiger partial charge in [0.25, 0.3) is 5.91 Å². The first-order valence-corrected chi connectivity index (χ1v) is 11.8. The van der Waals surface area contributed by atoms with Crippen LogP contribution in [0.2, 0.25) is 0 Å². The van der Waals surface area contributed by atoms with E-state index in [0.29, 0.717) is 22.1 Å². The topological polar surface area (TPSA) is 59.5 Å². The fourth-order valence-corrected chi connectivity index (χ4v) is 5.37. The molecule has 1 fully saturated rings. The van der Waals surface area contributed by atoms with Crippen molar-refractivity contribution < 1.29 is 14.3 Å². The molecule has 0 bridgehead atoms. The molecule has 0 spiro atoms. The van der Waals surface area contributed by atoms with Gasteiger partial charge in [0, 0.05) is 11.9 Å². The van der Waals surface area contributed by atoms with Gasteiger partial charge in [0.05, 0.1) is 16.3 Å². The van der Waals surface area contributed by atoms with Crippen molar-refractivity contribution in [3.63, 3.8) is 0 Å². The van der Waals surface area contributed by atoms with E-state index < -0.39 is 12.1 Å². The number of carbonyl (C=O) groups is 2. The third-order valence-corrected chi connectivity index (χ3v) is 7.15. The zero-order chi connectivity index (χ0) is 22.8. The number of esters is 1. The summed E-state index contributed by atoms with van der Waals surface area (Å²) < 4.78 is 5.97. The van der Waals surface area contributed by atoms with Gasteiger partial charge < -0.3 is 4.74 Å². The third kappa shape index (κ3) is 4.19. The minimum Gasteiger partial charge on any atom is -0.448 e.